The number of aliphatic hydroxyl groups is 1. The summed E-state index contributed by atoms with van der Waals surface area (Å²) in [6, 6.07) is 0.302. The summed E-state index contributed by atoms with van der Waals surface area (Å²) in [4.78, 5) is 30.6. The van der Waals surface area contributed by atoms with E-state index in [9.17, 15) is 14.7 Å². The summed E-state index contributed by atoms with van der Waals surface area (Å²) in [6.45, 7) is 9.75. The van der Waals surface area contributed by atoms with E-state index in [1.165, 1.54) is 0 Å². The Hall–Kier alpha value is -2.26. The SMILES string of the molecule is C=CC=CC1CCCC(OC2CCC(N(C)C)C(C)O2)C(C)C(=O)C2=CC3C(C=CC4C(O)C(OC5OC(C)C(OC)C(OC)C5OC)CC43)C2CC(=O)O1. The zero-order chi connectivity index (χ0) is 39.6. The summed E-state index contributed by atoms with van der Waals surface area (Å²) in [5, 5.41) is 11.7. The second-order valence-electron chi connectivity index (χ2n) is 16.7. The molecule has 0 radical (unpaired) electrons. The Morgan fingerprint density at radius 2 is 1.58 bits per heavy atom. The number of allylic oxidation sites excluding steroid dienone is 5. The summed E-state index contributed by atoms with van der Waals surface area (Å²) < 4.78 is 49.2. The predicted molar refractivity (Wildman–Crippen MR) is 205 cm³/mol. The third kappa shape index (κ3) is 8.93. The van der Waals surface area contributed by atoms with Gasteiger partial charge in [0.25, 0.3) is 0 Å². The lowest BCUT2D eigenvalue weighted by atomic mass is 9.70. The quantitative estimate of drug-likeness (QED) is 0.186. The molecule has 6 aliphatic rings. The minimum absolute atomic E-state index is 0.00182. The Morgan fingerprint density at radius 1 is 0.855 bits per heavy atom. The van der Waals surface area contributed by atoms with Crippen LogP contribution in [0.2, 0.25) is 0 Å². The molecule has 3 saturated heterocycles. The van der Waals surface area contributed by atoms with Gasteiger partial charge in [-0.15, -0.1) is 0 Å². The molecule has 0 aromatic carbocycles. The van der Waals surface area contributed by atoms with Crippen molar-refractivity contribution in [3.05, 3.63) is 48.6 Å². The average Bonchev–Trinajstić information content (AvgIpc) is 3.68. The maximum absolute atomic E-state index is 14.7. The molecule has 0 aromatic rings. The van der Waals surface area contributed by atoms with Crippen molar-refractivity contribution in [2.24, 2.45) is 35.5 Å². The van der Waals surface area contributed by atoms with E-state index in [4.69, 9.17) is 37.9 Å². The number of hydrogen-bond acceptors (Lipinski definition) is 12. The van der Waals surface area contributed by atoms with E-state index in [1.54, 1.807) is 27.4 Å². The van der Waals surface area contributed by atoms with Crippen molar-refractivity contribution in [2.45, 2.75) is 139 Å². The minimum atomic E-state index is -0.801. The molecule has 0 spiro atoms. The Balaban J connectivity index is 1.24. The molecule has 308 valence electrons. The molecule has 0 amide bonds. The number of cyclic esters (lactones) is 1. The molecule has 18 atom stereocenters. The summed E-state index contributed by atoms with van der Waals surface area (Å²) in [5.74, 6) is -1.57. The first-order chi connectivity index (χ1) is 26.4. The van der Waals surface area contributed by atoms with Crippen LogP contribution in [0.4, 0.5) is 0 Å². The maximum Gasteiger partial charge on any atom is 0.307 e. The zero-order valence-electron chi connectivity index (χ0n) is 34.0. The summed E-state index contributed by atoms with van der Waals surface area (Å²) in [7, 11) is 8.95. The Kier molecular flexibility index (Phi) is 14.3. The van der Waals surface area contributed by atoms with Gasteiger partial charge in [0.05, 0.1) is 36.9 Å². The summed E-state index contributed by atoms with van der Waals surface area (Å²) in [5.41, 5.74) is 0.652. The molecule has 3 aliphatic carbocycles. The van der Waals surface area contributed by atoms with Gasteiger partial charge in [0, 0.05) is 45.1 Å². The molecule has 3 aliphatic heterocycles. The van der Waals surface area contributed by atoms with Crippen LogP contribution in [-0.2, 0) is 47.5 Å². The highest BCUT2D eigenvalue weighted by Crippen LogP contribution is 2.54. The van der Waals surface area contributed by atoms with Crippen molar-refractivity contribution in [1.29, 1.82) is 0 Å². The first-order valence-corrected chi connectivity index (χ1v) is 20.4. The topological polar surface area (TPSA) is 131 Å². The largest absolute Gasteiger partial charge is 0.458 e. The van der Waals surface area contributed by atoms with E-state index in [0.29, 0.717) is 37.3 Å². The smallest absolute Gasteiger partial charge is 0.307 e. The van der Waals surface area contributed by atoms with Crippen LogP contribution >= 0.6 is 0 Å². The number of rotatable bonds is 10. The van der Waals surface area contributed by atoms with Gasteiger partial charge >= 0.3 is 5.97 Å². The number of esters is 1. The van der Waals surface area contributed by atoms with Gasteiger partial charge in [-0.05, 0) is 95.9 Å². The number of ether oxygens (including phenoxy) is 8. The Morgan fingerprint density at radius 3 is 2.25 bits per heavy atom. The van der Waals surface area contributed by atoms with Crippen molar-refractivity contribution in [1.82, 2.24) is 4.90 Å². The van der Waals surface area contributed by atoms with Gasteiger partial charge in [0.15, 0.2) is 18.4 Å². The summed E-state index contributed by atoms with van der Waals surface area (Å²) >= 11 is 0. The van der Waals surface area contributed by atoms with E-state index in [2.05, 4.69) is 50.7 Å². The fourth-order valence-corrected chi connectivity index (χ4v) is 10.4. The molecule has 4 fully saturated rings. The van der Waals surface area contributed by atoms with Gasteiger partial charge in [0.2, 0.25) is 0 Å². The molecule has 12 nitrogen and oxygen atoms in total. The highest BCUT2D eigenvalue weighted by atomic mass is 16.7. The highest BCUT2D eigenvalue weighted by Gasteiger charge is 2.55. The third-order valence-electron chi connectivity index (χ3n) is 13.3. The molecule has 0 aromatic heterocycles. The second kappa shape index (κ2) is 18.6. The molecule has 1 saturated carbocycles. The first kappa shape index (κ1) is 42.3. The molecular formula is C43H65NO11. The van der Waals surface area contributed by atoms with E-state index >= 15 is 0 Å². The monoisotopic (exact) mass is 771 g/mol. The number of carbonyl (C=O) groups is 2. The number of ketones is 1. The Bertz CT molecular complexity index is 1430. The van der Waals surface area contributed by atoms with Crippen LogP contribution in [0.3, 0.4) is 0 Å². The van der Waals surface area contributed by atoms with Crippen LogP contribution in [0.15, 0.2) is 48.6 Å². The molecular weight excluding hydrogens is 706 g/mol. The van der Waals surface area contributed by atoms with E-state index in [-0.39, 0.29) is 72.2 Å². The van der Waals surface area contributed by atoms with Crippen molar-refractivity contribution in [2.75, 3.05) is 35.4 Å². The second-order valence-corrected chi connectivity index (χ2v) is 16.7. The van der Waals surface area contributed by atoms with Crippen LogP contribution in [-0.4, -0.2) is 131 Å². The van der Waals surface area contributed by atoms with Crippen LogP contribution in [0.1, 0.15) is 65.7 Å². The van der Waals surface area contributed by atoms with Crippen LogP contribution in [0.5, 0.6) is 0 Å². The Labute approximate surface area is 327 Å². The van der Waals surface area contributed by atoms with Gasteiger partial charge in [0.1, 0.15) is 24.4 Å². The minimum Gasteiger partial charge on any atom is -0.458 e. The molecule has 3 heterocycles. The molecule has 6 rings (SSSR count). The lowest BCUT2D eigenvalue weighted by Crippen LogP contribution is -2.60. The zero-order valence-corrected chi connectivity index (χ0v) is 34.0. The standard InChI is InChI=1S/C43H65NO11/c1-10-11-13-26-14-12-15-34(54-37-19-18-33(44(5)6)24(3)51-37)23(2)38(46)32-20-29-27(31(32)22-36(45)53-26)16-17-28-30(29)21-35(39(28)47)55-43-42(50-9)41(49-8)40(48-7)25(4)52-43/h10-11,13,16-17,20,23-31,33-35,37,39-43,47H,1,12,14-15,18-19,21-22H2,2-9H3. The number of hydrogen-bond donors (Lipinski definition) is 1. The third-order valence-corrected chi connectivity index (χ3v) is 13.3. The van der Waals surface area contributed by atoms with Gasteiger partial charge < -0.3 is 47.9 Å². The van der Waals surface area contributed by atoms with Crippen molar-refractivity contribution in [3.8, 4) is 0 Å². The number of methoxy groups -OCH3 is 3. The summed E-state index contributed by atoms with van der Waals surface area (Å²) in [6.07, 6.45) is 10.9. The van der Waals surface area contributed by atoms with E-state index in [0.717, 1.165) is 12.8 Å². The molecule has 0 bridgehead atoms. The van der Waals surface area contributed by atoms with Crippen molar-refractivity contribution in [3.63, 3.8) is 0 Å². The molecule has 12 heteroatoms. The van der Waals surface area contributed by atoms with E-state index < -0.39 is 49.0 Å². The number of Topliss-reactive ketones (excluding diaryl/α,β-unsaturated/α-hetero) is 1. The van der Waals surface area contributed by atoms with Gasteiger partial charge in [-0.25, -0.2) is 0 Å². The number of carbonyl (C=O) groups excluding carboxylic acids is 2. The predicted octanol–water partition coefficient (Wildman–Crippen LogP) is 4.79. The lowest BCUT2D eigenvalue weighted by molar-refractivity contribution is -0.319. The van der Waals surface area contributed by atoms with Crippen LogP contribution in [0, 0.1) is 35.5 Å². The van der Waals surface area contributed by atoms with Crippen LogP contribution in [0.25, 0.3) is 0 Å². The molecule has 55 heavy (non-hydrogen) atoms. The van der Waals surface area contributed by atoms with Crippen LogP contribution < -0.4 is 0 Å². The van der Waals surface area contributed by atoms with Gasteiger partial charge in [-0.1, -0.05) is 43.9 Å². The molecule has 18 unspecified atom stereocenters. The van der Waals surface area contributed by atoms with Crippen molar-refractivity contribution >= 4 is 11.8 Å². The van der Waals surface area contributed by atoms with Gasteiger partial charge in [-0.3, -0.25) is 9.59 Å². The number of likely N-dealkylation sites (N-methyl/N-ethyl adjacent to an activating group) is 1. The fourth-order valence-electron chi connectivity index (χ4n) is 10.4. The number of fused-ring (bicyclic) bond motifs is 5. The van der Waals surface area contributed by atoms with E-state index in [1.807, 2.05) is 26.0 Å². The fraction of sp³-hybridized carbons (Fsp3) is 0.767. The maximum atomic E-state index is 14.7. The molecule has 1 N–H and O–H groups in total. The number of aliphatic hydroxyl groups excluding tert-OH is 1. The normalized spacial score (nSPS) is 45.3. The lowest BCUT2D eigenvalue weighted by Gasteiger charge is -2.44. The first-order valence-electron chi connectivity index (χ1n) is 20.4. The number of nitrogens with zero attached hydrogens (tertiary/aromatic N) is 1. The van der Waals surface area contributed by atoms with Crippen molar-refractivity contribution < 1.29 is 52.6 Å². The van der Waals surface area contributed by atoms with Gasteiger partial charge in [-0.2, -0.15) is 0 Å². The average molecular weight is 772 g/mol. The highest BCUT2D eigenvalue weighted by molar-refractivity contribution is 5.99.